The molecule has 4 amide bonds. The molecule has 3 N–H and O–H groups in total. The number of nitrogens with one attached hydrogen (secondary N) is 3. The molecule has 2 aromatic rings. The number of carbonyl (C=O) groups is 4. The predicted molar refractivity (Wildman–Crippen MR) is 213 cm³/mol. The average Bonchev–Trinajstić information content (AvgIpc) is 4.03. The van der Waals surface area contributed by atoms with E-state index in [2.05, 4.69) is 25.3 Å². The van der Waals surface area contributed by atoms with Gasteiger partial charge in [-0.25, -0.2) is 23.2 Å². The number of benzene rings is 1. The molecule has 352 valence electrons. The van der Waals surface area contributed by atoms with Crippen LogP contribution in [0.15, 0.2) is 12.1 Å². The van der Waals surface area contributed by atoms with Crippen molar-refractivity contribution in [2.24, 2.45) is 17.8 Å². The lowest BCUT2D eigenvalue weighted by Crippen LogP contribution is -2.59. The van der Waals surface area contributed by atoms with Crippen molar-refractivity contribution in [2.45, 2.75) is 140 Å². The van der Waals surface area contributed by atoms with Gasteiger partial charge in [-0.05, 0) is 64.2 Å². The molecule has 2 saturated carbocycles. The first-order chi connectivity index (χ1) is 29.0. The largest absolute Gasteiger partial charge is 0.493 e. The Morgan fingerprint density at radius 1 is 0.984 bits per heavy atom. The number of rotatable bonds is 17. The number of alkyl halides is 6. The number of carbonyl (C=O) groups excluding carboxylic acids is 4. The summed E-state index contributed by atoms with van der Waals surface area (Å²) in [5, 5.41) is 4.96. The highest BCUT2D eigenvalue weighted by atomic mass is 32.2. The zero-order valence-electron chi connectivity index (χ0n) is 36.4. The van der Waals surface area contributed by atoms with Crippen LogP contribution in [0, 0.1) is 17.8 Å². The van der Waals surface area contributed by atoms with Crippen molar-refractivity contribution in [1.82, 2.24) is 30.2 Å². The van der Waals surface area contributed by atoms with Crippen molar-refractivity contribution in [3.05, 3.63) is 17.8 Å². The number of nitrogens with zero attached hydrogens (tertiary/aromatic N) is 3. The van der Waals surface area contributed by atoms with Gasteiger partial charge in [0.25, 0.3) is 5.91 Å². The summed E-state index contributed by atoms with van der Waals surface area (Å²) < 4.78 is 131. The molecule has 1 aliphatic heterocycles. The standard InChI is InChI=1S/C40H54F6N6O10S/c1-10-11-20(2)14-21(3)29(49-35(56)62-36(5,6)40(44,45)46)33(54)52-19-23(61-28-17-25-24(16-27(28)59-8)47-30(39(41,42)43)32(48-25)60-9)15-26(52)31(53)50-38(18-22(38)4)34(55)51-63(57,58)37(7)12-13-37/h16-17,20-23,26,29H,10-15,18-19H2,1-9H3,(H,49,56)(H,50,53)(H,51,55). The molecule has 23 heteroatoms. The molecule has 63 heavy (non-hydrogen) atoms. The Morgan fingerprint density at radius 3 is 2.11 bits per heavy atom. The number of halogens is 6. The van der Waals surface area contributed by atoms with Gasteiger partial charge in [0.05, 0.1) is 36.5 Å². The number of methoxy groups -OCH3 is 2. The quantitative estimate of drug-likeness (QED) is 0.161. The molecular weight excluding hydrogens is 871 g/mol. The van der Waals surface area contributed by atoms with Crippen molar-refractivity contribution >= 4 is 44.9 Å². The minimum absolute atomic E-state index is 0.0169. The molecule has 1 saturated heterocycles. The molecule has 0 radical (unpaired) electrons. The third-order valence-corrected chi connectivity index (χ3v) is 14.3. The SMILES string of the molecule is CCCC(C)CC(C)C(NC(=O)OC(C)(C)C(F)(F)F)C(=O)N1CC(Oc2cc3nc(OC)c(C(F)(F)F)nc3cc2OC)CC1C(=O)NC1(C(=O)NS(=O)(=O)C2(C)CC2)CC1C. The lowest BCUT2D eigenvalue weighted by Gasteiger charge is -2.34. The number of aromatic nitrogens is 2. The van der Waals surface area contributed by atoms with E-state index >= 15 is 0 Å². The predicted octanol–water partition coefficient (Wildman–Crippen LogP) is 5.81. The normalized spacial score (nSPS) is 23.5. The molecule has 7 atom stereocenters. The van der Waals surface area contributed by atoms with Crippen molar-refractivity contribution in [3.8, 4) is 17.4 Å². The van der Waals surface area contributed by atoms with E-state index in [9.17, 15) is 53.9 Å². The highest BCUT2D eigenvalue weighted by Gasteiger charge is 2.62. The highest BCUT2D eigenvalue weighted by molar-refractivity contribution is 7.91. The summed E-state index contributed by atoms with van der Waals surface area (Å²) in [4.78, 5) is 64.7. The lowest BCUT2D eigenvalue weighted by molar-refractivity contribution is -0.244. The zero-order chi connectivity index (χ0) is 47.2. The maximum absolute atomic E-state index is 14.8. The van der Waals surface area contributed by atoms with Crippen LogP contribution in [0.1, 0.15) is 99.1 Å². The van der Waals surface area contributed by atoms with Gasteiger partial charge in [-0.3, -0.25) is 19.1 Å². The first kappa shape index (κ1) is 49.2. The van der Waals surface area contributed by atoms with Gasteiger partial charge in [0.2, 0.25) is 39.0 Å². The van der Waals surface area contributed by atoms with Crippen LogP contribution in [0.5, 0.6) is 17.4 Å². The second-order valence-electron chi connectivity index (χ2n) is 17.6. The number of hydrogen-bond donors (Lipinski definition) is 3. The van der Waals surface area contributed by atoms with Gasteiger partial charge in [-0.1, -0.05) is 40.5 Å². The van der Waals surface area contributed by atoms with Crippen molar-refractivity contribution in [1.29, 1.82) is 0 Å². The topological polar surface area (TPSA) is 204 Å². The number of alkyl carbamates (subject to hydrolysis) is 1. The number of fused-ring (bicyclic) bond motifs is 1. The summed E-state index contributed by atoms with van der Waals surface area (Å²) in [7, 11) is -1.94. The minimum atomic E-state index is -4.98. The van der Waals surface area contributed by atoms with Crippen molar-refractivity contribution in [2.75, 3.05) is 20.8 Å². The van der Waals surface area contributed by atoms with E-state index in [0.29, 0.717) is 39.5 Å². The van der Waals surface area contributed by atoms with Crippen LogP contribution in [0.2, 0.25) is 0 Å². The number of likely N-dealkylation sites (tertiary alicyclic amines) is 1. The Hall–Kier alpha value is -4.83. The maximum Gasteiger partial charge on any atom is 0.438 e. The summed E-state index contributed by atoms with van der Waals surface area (Å²) >= 11 is 0. The minimum Gasteiger partial charge on any atom is -0.493 e. The first-order valence-corrected chi connectivity index (χ1v) is 21.9. The zero-order valence-corrected chi connectivity index (χ0v) is 37.2. The van der Waals surface area contributed by atoms with Gasteiger partial charge >= 0.3 is 18.4 Å². The van der Waals surface area contributed by atoms with Gasteiger partial charge < -0.3 is 34.5 Å². The van der Waals surface area contributed by atoms with E-state index < -0.39 is 110 Å². The Labute approximate surface area is 360 Å². The monoisotopic (exact) mass is 924 g/mol. The number of sulfonamides is 1. The maximum atomic E-state index is 14.8. The fraction of sp³-hybridized carbons (Fsp3) is 0.700. The van der Waals surface area contributed by atoms with Crippen molar-refractivity contribution < 1.29 is 72.9 Å². The third kappa shape index (κ3) is 10.4. The Bertz CT molecular complexity index is 2200. The van der Waals surface area contributed by atoms with Gasteiger partial charge in [-0.2, -0.15) is 26.3 Å². The summed E-state index contributed by atoms with van der Waals surface area (Å²) in [6.45, 7) is 9.41. The molecule has 0 bridgehead atoms. The van der Waals surface area contributed by atoms with Crippen LogP contribution < -0.4 is 29.6 Å². The Kier molecular flexibility index (Phi) is 13.8. The second-order valence-corrected chi connectivity index (χ2v) is 19.8. The number of amides is 4. The molecule has 2 aliphatic carbocycles. The van der Waals surface area contributed by atoms with E-state index in [1.54, 1.807) is 13.8 Å². The second kappa shape index (κ2) is 17.6. The van der Waals surface area contributed by atoms with Crippen LogP contribution in [0.25, 0.3) is 11.0 Å². The summed E-state index contributed by atoms with van der Waals surface area (Å²) in [5.41, 5.74) is -6.39. The van der Waals surface area contributed by atoms with Crippen LogP contribution in [0.3, 0.4) is 0 Å². The van der Waals surface area contributed by atoms with Crippen LogP contribution >= 0.6 is 0 Å². The first-order valence-electron chi connectivity index (χ1n) is 20.5. The number of ether oxygens (including phenoxy) is 4. The van der Waals surface area contributed by atoms with Crippen LogP contribution in [-0.2, 0) is 35.3 Å². The molecule has 16 nitrogen and oxygen atoms in total. The molecular formula is C40H54F6N6O10S. The third-order valence-electron chi connectivity index (χ3n) is 12.1. The highest BCUT2D eigenvalue weighted by Crippen LogP contribution is 2.47. The van der Waals surface area contributed by atoms with E-state index in [1.807, 2.05) is 13.8 Å². The molecule has 3 aliphatic rings. The van der Waals surface area contributed by atoms with Crippen LogP contribution in [-0.4, -0.2) is 108 Å². The van der Waals surface area contributed by atoms with Gasteiger partial charge in [0, 0.05) is 18.6 Å². The van der Waals surface area contributed by atoms with Gasteiger partial charge in [0.1, 0.15) is 23.7 Å². The van der Waals surface area contributed by atoms with Gasteiger partial charge in [0.15, 0.2) is 11.5 Å². The van der Waals surface area contributed by atoms with Gasteiger partial charge in [-0.15, -0.1) is 0 Å². The summed E-state index contributed by atoms with van der Waals surface area (Å²) in [5.74, 6) is -5.12. The fourth-order valence-electron chi connectivity index (χ4n) is 7.69. The smallest absolute Gasteiger partial charge is 0.438 e. The molecule has 2 heterocycles. The van der Waals surface area contributed by atoms with E-state index in [4.69, 9.17) is 18.9 Å². The van der Waals surface area contributed by atoms with E-state index in [-0.39, 0.29) is 41.3 Å². The fourth-order valence-corrected chi connectivity index (χ4v) is 9.00. The van der Waals surface area contributed by atoms with E-state index in [1.165, 1.54) is 20.1 Å². The molecule has 5 rings (SSSR count). The molecule has 1 aromatic carbocycles. The van der Waals surface area contributed by atoms with E-state index in [0.717, 1.165) is 24.5 Å². The Morgan fingerprint density at radius 2 is 1.59 bits per heavy atom. The summed E-state index contributed by atoms with van der Waals surface area (Å²) in [6.07, 6.45) is -10.4. The average molecular weight is 925 g/mol. The number of hydrogen-bond acceptors (Lipinski definition) is 12. The van der Waals surface area contributed by atoms with Crippen LogP contribution in [0.4, 0.5) is 31.1 Å². The summed E-state index contributed by atoms with van der Waals surface area (Å²) in [6, 6.07) is -0.688. The molecule has 1 aromatic heterocycles. The Balaban J connectivity index is 1.52. The lowest BCUT2D eigenvalue weighted by atomic mass is 9.88. The molecule has 3 fully saturated rings. The molecule has 0 spiro atoms. The van der Waals surface area contributed by atoms with Crippen molar-refractivity contribution in [3.63, 3.8) is 0 Å². The molecule has 7 unspecified atom stereocenters.